The summed E-state index contributed by atoms with van der Waals surface area (Å²) >= 11 is 0. The van der Waals surface area contributed by atoms with Crippen LogP contribution < -0.4 is 5.73 Å². The Bertz CT molecular complexity index is 705. The Balaban J connectivity index is 1.98. The molecule has 3 rings (SSSR count). The normalized spacial score (nSPS) is 10.9. The van der Waals surface area contributed by atoms with Crippen LogP contribution in [0.4, 0.5) is 10.1 Å². The van der Waals surface area contributed by atoms with Gasteiger partial charge in [-0.1, -0.05) is 18.2 Å². The van der Waals surface area contributed by atoms with Gasteiger partial charge in [-0.05, 0) is 23.8 Å². The highest BCUT2D eigenvalue weighted by Crippen LogP contribution is 2.12. The molecule has 0 aliphatic rings. The molecule has 0 bridgehead atoms. The second kappa shape index (κ2) is 4.10. The lowest BCUT2D eigenvalue weighted by Gasteiger charge is -1.98. The number of benzene rings is 1. The zero-order valence-corrected chi connectivity index (χ0v) is 9.55. The van der Waals surface area contributed by atoms with E-state index in [1.807, 2.05) is 0 Å². The molecule has 0 amide bonds. The van der Waals surface area contributed by atoms with Gasteiger partial charge in [0.2, 0.25) is 0 Å². The number of fused-ring (bicyclic) bond motifs is 1. The lowest BCUT2D eigenvalue weighted by atomic mass is 10.1. The third kappa shape index (κ3) is 1.90. The molecule has 4 nitrogen and oxygen atoms in total. The summed E-state index contributed by atoms with van der Waals surface area (Å²) in [6, 6.07) is 10.2. The van der Waals surface area contributed by atoms with Crippen molar-refractivity contribution in [1.82, 2.24) is 14.6 Å². The van der Waals surface area contributed by atoms with Gasteiger partial charge in [0.05, 0.1) is 11.9 Å². The minimum atomic E-state index is -0.240. The van der Waals surface area contributed by atoms with Crippen LogP contribution in [0.5, 0.6) is 0 Å². The van der Waals surface area contributed by atoms with E-state index in [0.29, 0.717) is 29.1 Å². The lowest BCUT2D eigenvalue weighted by molar-refractivity contribution is 0.612. The van der Waals surface area contributed by atoms with Gasteiger partial charge in [0, 0.05) is 6.42 Å². The van der Waals surface area contributed by atoms with E-state index >= 15 is 0 Å². The van der Waals surface area contributed by atoms with E-state index in [4.69, 9.17) is 5.73 Å². The second-order valence-corrected chi connectivity index (χ2v) is 4.06. The molecule has 2 N–H and O–H groups in total. The first-order valence-corrected chi connectivity index (χ1v) is 5.56. The van der Waals surface area contributed by atoms with E-state index < -0.39 is 0 Å². The molecule has 0 saturated carbocycles. The first-order chi connectivity index (χ1) is 8.72. The number of nitrogens with two attached hydrogens (primary N) is 1. The first kappa shape index (κ1) is 10.7. The topological polar surface area (TPSA) is 56.2 Å². The van der Waals surface area contributed by atoms with Crippen LogP contribution in [-0.4, -0.2) is 14.6 Å². The fourth-order valence-electron chi connectivity index (χ4n) is 1.83. The van der Waals surface area contributed by atoms with Crippen LogP contribution in [0, 0.1) is 5.82 Å². The van der Waals surface area contributed by atoms with Gasteiger partial charge in [-0.15, -0.1) is 0 Å². The summed E-state index contributed by atoms with van der Waals surface area (Å²) in [7, 11) is 0. The van der Waals surface area contributed by atoms with Crippen molar-refractivity contribution in [2.45, 2.75) is 6.42 Å². The maximum Gasteiger partial charge on any atom is 0.156 e. The monoisotopic (exact) mass is 242 g/mol. The molecule has 0 aliphatic heterocycles. The van der Waals surface area contributed by atoms with E-state index in [9.17, 15) is 4.39 Å². The number of anilines is 1. The van der Waals surface area contributed by atoms with E-state index in [0.717, 1.165) is 0 Å². The van der Waals surface area contributed by atoms with Crippen molar-refractivity contribution >= 4 is 11.3 Å². The van der Waals surface area contributed by atoms with E-state index in [1.54, 1.807) is 41.0 Å². The van der Waals surface area contributed by atoms with Crippen molar-refractivity contribution < 1.29 is 4.39 Å². The molecule has 90 valence electrons. The van der Waals surface area contributed by atoms with Crippen LogP contribution in [0.3, 0.4) is 0 Å². The van der Waals surface area contributed by atoms with Gasteiger partial charge in [-0.25, -0.2) is 13.9 Å². The number of rotatable bonds is 2. The summed E-state index contributed by atoms with van der Waals surface area (Å²) < 4.78 is 15.1. The van der Waals surface area contributed by atoms with Gasteiger partial charge in [0.25, 0.3) is 0 Å². The highest BCUT2D eigenvalue weighted by Gasteiger charge is 2.07. The van der Waals surface area contributed by atoms with Crippen molar-refractivity contribution in [1.29, 1.82) is 0 Å². The average molecular weight is 242 g/mol. The number of halogens is 1. The molecule has 3 aromatic rings. The quantitative estimate of drug-likeness (QED) is 0.748. The Kier molecular flexibility index (Phi) is 2.44. The van der Waals surface area contributed by atoms with Crippen molar-refractivity contribution in [3.63, 3.8) is 0 Å². The van der Waals surface area contributed by atoms with Gasteiger partial charge >= 0.3 is 0 Å². The summed E-state index contributed by atoms with van der Waals surface area (Å²) in [4.78, 5) is 4.32. The smallest absolute Gasteiger partial charge is 0.156 e. The largest absolute Gasteiger partial charge is 0.397 e. The van der Waals surface area contributed by atoms with Gasteiger partial charge < -0.3 is 5.73 Å². The third-order valence-electron chi connectivity index (χ3n) is 2.70. The van der Waals surface area contributed by atoms with E-state index in [2.05, 4.69) is 10.1 Å². The number of nitrogens with zero attached hydrogens (tertiary/aromatic N) is 3. The Morgan fingerprint density at radius 2 is 2.00 bits per heavy atom. The SMILES string of the molecule is Nc1ccc2nc(Cc3ccccc3F)nn2c1. The molecule has 0 saturated heterocycles. The molecule has 1 aromatic carbocycles. The Morgan fingerprint density at radius 3 is 2.83 bits per heavy atom. The van der Waals surface area contributed by atoms with Crippen molar-refractivity contribution in [3.8, 4) is 0 Å². The molecule has 0 spiro atoms. The zero-order valence-electron chi connectivity index (χ0n) is 9.55. The molecule has 0 atom stereocenters. The van der Waals surface area contributed by atoms with Crippen LogP contribution in [0.2, 0.25) is 0 Å². The van der Waals surface area contributed by atoms with Gasteiger partial charge in [-0.3, -0.25) is 0 Å². The molecule has 0 fully saturated rings. The summed E-state index contributed by atoms with van der Waals surface area (Å²) in [5, 5.41) is 4.27. The van der Waals surface area contributed by atoms with Crippen LogP contribution in [0.1, 0.15) is 11.4 Å². The van der Waals surface area contributed by atoms with Crippen molar-refractivity contribution in [2.24, 2.45) is 0 Å². The Morgan fingerprint density at radius 1 is 1.17 bits per heavy atom. The molecule has 18 heavy (non-hydrogen) atoms. The minimum Gasteiger partial charge on any atom is -0.397 e. The van der Waals surface area contributed by atoms with Gasteiger partial charge in [0.15, 0.2) is 11.5 Å². The van der Waals surface area contributed by atoms with Crippen LogP contribution in [0.15, 0.2) is 42.6 Å². The summed E-state index contributed by atoms with van der Waals surface area (Å²) in [5.74, 6) is 0.335. The molecular weight excluding hydrogens is 231 g/mol. The molecule has 0 aliphatic carbocycles. The predicted molar refractivity (Wildman–Crippen MR) is 66.6 cm³/mol. The lowest BCUT2D eigenvalue weighted by Crippen LogP contribution is -1.95. The van der Waals surface area contributed by atoms with Crippen LogP contribution in [-0.2, 0) is 6.42 Å². The first-order valence-electron chi connectivity index (χ1n) is 5.56. The average Bonchev–Trinajstić information content (AvgIpc) is 2.73. The molecule has 0 radical (unpaired) electrons. The zero-order chi connectivity index (χ0) is 12.5. The third-order valence-corrected chi connectivity index (χ3v) is 2.70. The predicted octanol–water partition coefficient (Wildman–Crippen LogP) is 2.04. The maximum absolute atomic E-state index is 13.5. The fraction of sp³-hybridized carbons (Fsp3) is 0.0769. The molecular formula is C13H11FN4. The highest BCUT2D eigenvalue weighted by atomic mass is 19.1. The van der Waals surface area contributed by atoms with Crippen molar-refractivity contribution in [3.05, 3.63) is 59.8 Å². The summed E-state index contributed by atoms with van der Waals surface area (Å²) in [6.45, 7) is 0. The number of hydrogen-bond acceptors (Lipinski definition) is 3. The number of aromatic nitrogens is 3. The highest BCUT2D eigenvalue weighted by molar-refractivity contribution is 5.46. The number of hydrogen-bond donors (Lipinski definition) is 1. The molecule has 0 unspecified atom stereocenters. The summed E-state index contributed by atoms with van der Waals surface area (Å²) in [6.07, 6.45) is 2.06. The fourth-order valence-corrected chi connectivity index (χ4v) is 1.83. The van der Waals surface area contributed by atoms with Crippen LogP contribution in [0.25, 0.3) is 5.65 Å². The minimum absolute atomic E-state index is 0.240. The second-order valence-electron chi connectivity index (χ2n) is 4.06. The molecule has 5 heteroatoms. The number of pyridine rings is 1. The van der Waals surface area contributed by atoms with Gasteiger partial charge in [-0.2, -0.15) is 5.10 Å². The molecule has 2 heterocycles. The Hall–Kier alpha value is -2.43. The van der Waals surface area contributed by atoms with Gasteiger partial charge in [0.1, 0.15) is 5.82 Å². The van der Waals surface area contributed by atoms with Crippen LogP contribution >= 0.6 is 0 Å². The van der Waals surface area contributed by atoms with E-state index in [-0.39, 0.29) is 5.82 Å². The maximum atomic E-state index is 13.5. The van der Waals surface area contributed by atoms with Crippen molar-refractivity contribution in [2.75, 3.05) is 5.73 Å². The standard InChI is InChI=1S/C13H11FN4/c14-11-4-2-1-3-9(11)7-12-16-13-6-5-10(15)8-18(13)17-12/h1-6,8H,7,15H2. The molecule has 2 aromatic heterocycles. The van der Waals surface area contributed by atoms with E-state index in [1.165, 1.54) is 6.07 Å². The Labute approximate surface area is 103 Å². The number of nitrogen functional groups attached to an aromatic ring is 1. The summed E-state index contributed by atoms with van der Waals surface area (Å²) in [5.41, 5.74) is 7.57.